The van der Waals surface area contributed by atoms with Gasteiger partial charge in [0.1, 0.15) is 6.29 Å². The van der Waals surface area contributed by atoms with Crippen LogP contribution in [-0.2, 0) is 4.79 Å². The van der Waals surface area contributed by atoms with Crippen LogP contribution in [0.15, 0.2) is 24.6 Å². The summed E-state index contributed by atoms with van der Waals surface area (Å²) in [6, 6.07) is 0. The first kappa shape index (κ1) is 12.3. The van der Waals surface area contributed by atoms with E-state index in [1.807, 2.05) is 6.92 Å². The van der Waals surface area contributed by atoms with Crippen molar-refractivity contribution >= 4 is 6.29 Å². The van der Waals surface area contributed by atoms with Crippen molar-refractivity contribution in [3.05, 3.63) is 29.9 Å². The molecule has 0 atom stereocenters. The predicted octanol–water partition coefficient (Wildman–Crippen LogP) is -1.39. The van der Waals surface area contributed by atoms with Crippen molar-refractivity contribution in [2.24, 2.45) is 0 Å². The van der Waals surface area contributed by atoms with E-state index in [0.29, 0.717) is 6.29 Å². The predicted molar refractivity (Wildman–Crippen MR) is 33.4 cm³/mol. The van der Waals surface area contributed by atoms with Crippen LogP contribution >= 0.6 is 0 Å². The second-order valence-corrected chi connectivity index (χ2v) is 1.11. The van der Waals surface area contributed by atoms with Gasteiger partial charge in [0.2, 0.25) is 0 Å². The van der Waals surface area contributed by atoms with E-state index < -0.39 is 0 Å². The first-order valence-electron chi connectivity index (χ1n) is 2.33. The molecular formula is C6H8KNO. The number of hydrogen-bond donors (Lipinski definition) is 0. The SMILES string of the molecule is C/C=C\[N-]/C=C\C=O.[K+]. The van der Waals surface area contributed by atoms with Crippen LogP contribution in [0.25, 0.3) is 5.32 Å². The first-order valence-corrected chi connectivity index (χ1v) is 2.33. The normalized spacial score (nSPS) is 9.44. The van der Waals surface area contributed by atoms with E-state index in [1.165, 1.54) is 12.3 Å². The molecule has 44 valence electrons. The van der Waals surface area contributed by atoms with Crippen LogP contribution in [0.3, 0.4) is 0 Å². The van der Waals surface area contributed by atoms with E-state index in [4.69, 9.17) is 0 Å². The quantitative estimate of drug-likeness (QED) is 0.276. The van der Waals surface area contributed by atoms with Crippen molar-refractivity contribution in [1.29, 1.82) is 0 Å². The number of rotatable bonds is 3. The molecule has 0 aromatic rings. The van der Waals surface area contributed by atoms with Gasteiger partial charge in [-0.05, 0) is 13.0 Å². The molecule has 0 heterocycles. The summed E-state index contributed by atoms with van der Waals surface area (Å²) < 4.78 is 0. The van der Waals surface area contributed by atoms with Crippen molar-refractivity contribution in [2.45, 2.75) is 6.92 Å². The van der Waals surface area contributed by atoms with Gasteiger partial charge in [0.15, 0.2) is 0 Å². The molecule has 2 nitrogen and oxygen atoms in total. The van der Waals surface area contributed by atoms with E-state index in [2.05, 4.69) is 5.32 Å². The molecule has 0 N–H and O–H groups in total. The largest absolute Gasteiger partial charge is 1.00 e. The fourth-order valence-electron chi connectivity index (χ4n) is 0.221. The Morgan fingerprint density at radius 1 is 1.33 bits per heavy atom. The average molecular weight is 149 g/mol. The molecule has 0 amide bonds. The van der Waals surface area contributed by atoms with Gasteiger partial charge in [-0.25, -0.2) is 0 Å². The summed E-state index contributed by atoms with van der Waals surface area (Å²) in [5.41, 5.74) is 0. The first-order chi connectivity index (χ1) is 3.91. The van der Waals surface area contributed by atoms with Gasteiger partial charge in [-0.15, -0.1) is 6.08 Å². The van der Waals surface area contributed by atoms with Gasteiger partial charge in [0.05, 0.1) is 0 Å². The number of carbonyl (C=O) groups excluding carboxylic acids is 1. The van der Waals surface area contributed by atoms with Gasteiger partial charge in [-0.1, -0.05) is 0 Å². The minimum Gasteiger partial charge on any atom is -0.671 e. The van der Waals surface area contributed by atoms with Gasteiger partial charge >= 0.3 is 51.4 Å². The molecule has 0 bridgehead atoms. The number of carbonyl (C=O) groups is 1. The molecule has 0 aromatic carbocycles. The van der Waals surface area contributed by atoms with Crippen molar-refractivity contribution in [3.8, 4) is 0 Å². The molecular weight excluding hydrogens is 141 g/mol. The third-order valence-corrected chi connectivity index (χ3v) is 0.486. The van der Waals surface area contributed by atoms with Crippen LogP contribution in [0.1, 0.15) is 6.92 Å². The summed E-state index contributed by atoms with van der Waals surface area (Å²) >= 11 is 0. The topological polar surface area (TPSA) is 31.2 Å². The molecule has 0 aliphatic rings. The number of nitrogens with zero attached hydrogens (tertiary/aromatic N) is 1. The molecule has 0 saturated carbocycles. The van der Waals surface area contributed by atoms with E-state index in [-0.39, 0.29) is 51.4 Å². The van der Waals surface area contributed by atoms with Crippen LogP contribution in [0.2, 0.25) is 0 Å². The molecule has 0 aliphatic heterocycles. The second kappa shape index (κ2) is 11.4. The zero-order valence-electron chi connectivity index (χ0n) is 5.74. The molecule has 3 heteroatoms. The van der Waals surface area contributed by atoms with Crippen LogP contribution in [-0.4, -0.2) is 6.29 Å². The maximum absolute atomic E-state index is 9.60. The van der Waals surface area contributed by atoms with Crippen molar-refractivity contribution in [1.82, 2.24) is 0 Å². The van der Waals surface area contributed by atoms with Gasteiger partial charge < -0.3 is 5.32 Å². The second-order valence-electron chi connectivity index (χ2n) is 1.11. The molecule has 0 spiro atoms. The van der Waals surface area contributed by atoms with Gasteiger partial charge in [0.25, 0.3) is 0 Å². The van der Waals surface area contributed by atoms with Gasteiger partial charge in [-0.2, -0.15) is 12.4 Å². The Labute approximate surface area is 97.8 Å². The smallest absolute Gasteiger partial charge is 0.671 e. The van der Waals surface area contributed by atoms with Gasteiger partial charge in [-0.3, -0.25) is 4.79 Å². The zero-order valence-corrected chi connectivity index (χ0v) is 8.87. The van der Waals surface area contributed by atoms with Gasteiger partial charge in [0, 0.05) is 0 Å². The Morgan fingerprint density at radius 3 is 2.44 bits per heavy atom. The summed E-state index contributed by atoms with van der Waals surface area (Å²) in [5.74, 6) is 0. The van der Waals surface area contributed by atoms with Crippen molar-refractivity contribution in [2.75, 3.05) is 0 Å². The van der Waals surface area contributed by atoms with E-state index in [1.54, 1.807) is 12.3 Å². The third kappa shape index (κ3) is 11.9. The monoisotopic (exact) mass is 149 g/mol. The minimum absolute atomic E-state index is 0. The fourth-order valence-corrected chi connectivity index (χ4v) is 0.221. The van der Waals surface area contributed by atoms with Crippen LogP contribution < -0.4 is 51.4 Å². The molecule has 0 rings (SSSR count). The minimum atomic E-state index is 0. The number of allylic oxidation sites excluding steroid dienone is 2. The van der Waals surface area contributed by atoms with E-state index in [9.17, 15) is 4.79 Å². The van der Waals surface area contributed by atoms with E-state index >= 15 is 0 Å². The Bertz CT molecular complexity index is 110. The molecule has 0 aromatic heterocycles. The molecule has 0 aliphatic carbocycles. The molecule has 0 radical (unpaired) electrons. The van der Waals surface area contributed by atoms with Crippen LogP contribution in [0, 0.1) is 0 Å². The average Bonchev–Trinajstić information content (AvgIpc) is 1.81. The fraction of sp³-hybridized carbons (Fsp3) is 0.167. The maximum atomic E-state index is 9.60. The molecule has 0 saturated heterocycles. The number of aldehydes is 1. The summed E-state index contributed by atoms with van der Waals surface area (Å²) in [7, 11) is 0. The number of hydrogen-bond acceptors (Lipinski definition) is 1. The third-order valence-electron chi connectivity index (χ3n) is 0.486. The standard InChI is InChI=1S/C6H9NO.K/c1-2-4-7-5-3-6-8;/h2-6H,1H3,(H,7,8);/q;+1/p-1/b4-2-;. The van der Waals surface area contributed by atoms with Crippen LogP contribution in [0.4, 0.5) is 0 Å². The summed E-state index contributed by atoms with van der Waals surface area (Å²) in [4.78, 5) is 9.60. The molecule has 0 fully saturated rings. The maximum Gasteiger partial charge on any atom is 1.00 e. The summed E-state index contributed by atoms with van der Waals surface area (Å²) in [6.45, 7) is 1.86. The van der Waals surface area contributed by atoms with Crippen molar-refractivity contribution in [3.63, 3.8) is 0 Å². The van der Waals surface area contributed by atoms with Crippen LogP contribution in [0.5, 0.6) is 0 Å². The van der Waals surface area contributed by atoms with E-state index in [0.717, 1.165) is 0 Å². The summed E-state index contributed by atoms with van der Waals surface area (Å²) in [5, 5.41) is 3.69. The van der Waals surface area contributed by atoms with Crippen molar-refractivity contribution < 1.29 is 56.2 Å². The Kier molecular flexibility index (Phi) is 15.5. The zero-order chi connectivity index (χ0) is 6.24. The molecule has 9 heavy (non-hydrogen) atoms. The Balaban J connectivity index is 0. The Morgan fingerprint density at radius 2 is 2.00 bits per heavy atom. The molecule has 0 unspecified atom stereocenters. The summed E-state index contributed by atoms with van der Waals surface area (Å²) in [6.07, 6.45) is 6.86. The Hall–Kier alpha value is 0.586.